The number of halogens is 2. The largest absolute Gasteiger partial charge is 0.497 e. The summed E-state index contributed by atoms with van der Waals surface area (Å²) in [6.07, 6.45) is 3.95. The van der Waals surface area contributed by atoms with Crippen LogP contribution in [0.2, 0.25) is 5.02 Å². The summed E-state index contributed by atoms with van der Waals surface area (Å²) in [5.41, 5.74) is 1.65. The van der Waals surface area contributed by atoms with Crippen LogP contribution in [0.1, 0.15) is 12.5 Å². The van der Waals surface area contributed by atoms with E-state index in [1.165, 1.54) is 0 Å². The Labute approximate surface area is 187 Å². The number of pyridine rings is 1. The van der Waals surface area contributed by atoms with Gasteiger partial charge < -0.3 is 20.7 Å². The number of hydrogen-bond donors (Lipinski definition) is 3. The number of hydrogen-bond acceptors (Lipinski definition) is 4. The zero-order valence-corrected chi connectivity index (χ0v) is 19.0. The topological polar surface area (TPSA) is 87.6 Å². The highest BCUT2D eigenvalue weighted by Gasteiger charge is 2.05. The van der Waals surface area contributed by atoms with Crippen LogP contribution in [0, 0.1) is 0 Å². The maximum Gasteiger partial charge on any atom is 0.246 e. The summed E-state index contributed by atoms with van der Waals surface area (Å²) in [6.45, 7) is 3.29. The molecule has 0 saturated carbocycles. The summed E-state index contributed by atoms with van der Waals surface area (Å²) < 4.78 is 5.15. The predicted octanol–water partition coefficient (Wildman–Crippen LogP) is 3.10. The number of nitrogens with one attached hydrogen (secondary N) is 3. The SMILES string of the molecule is CCNC(=NCC(=O)Nc1cccnc1)NCCc1ccc(OC)cc1Cl.I. The summed E-state index contributed by atoms with van der Waals surface area (Å²) in [4.78, 5) is 20.2. The molecule has 0 atom stereocenters. The van der Waals surface area contributed by atoms with Crippen LogP contribution in [0.3, 0.4) is 0 Å². The predicted molar refractivity (Wildman–Crippen MR) is 124 cm³/mol. The number of ether oxygens (including phenoxy) is 1. The molecule has 0 aliphatic rings. The van der Waals surface area contributed by atoms with Crippen molar-refractivity contribution in [1.29, 1.82) is 0 Å². The van der Waals surface area contributed by atoms with Crippen LogP contribution in [0.4, 0.5) is 5.69 Å². The fourth-order valence-electron chi connectivity index (χ4n) is 2.30. The first-order valence-corrected chi connectivity index (χ1v) is 9.04. The Balaban J connectivity index is 0.00000392. The highest BCUT2D eigenvalue weighted by atomic mass is 127. The van der Waals surface area contributed by atoms with E-state index in [9.17, 15) is 4.79 Å². The van der Waals surface area contributed by atoms with E-state index in [4.69, 9.17) is 16.3 Å². The molecule has 9 heteroatoms. The Morgan fingerprint density at radius 2 is 2.11 bits per heavy atom. The quantitative estimate of drug-likeness (QED) is 0.285. The second-order valence-corrected chi connectivity index (χ2v) is 6.03. The molecule has 3 N–H and O–H groups in total. The number of aliphatic imine (C=N–C) groups is 1. The van der Waals surface area contributed by atoms with Crippen LogP contribution in [-0.4, -0.2) is 43.6 Å². The van der Waals surface area contributed by atoms with Gasteiger partial charge in [-0.05, 0) is 43.2 Å². The lowest BCUT2D eigenvalue weighted by molar-refractivity contribution is -0.114. The monoisotopic (exact) mass is 517 g/mol. The Kier molecular flexibility index (Phi) is 11.3. The molecule has 1 aromatic heterocycles. The molecule has 1 aromatic carbocycles. The molecule has 0 spiro atoms. The van der Waals surface area contributed by atoms with Gasteiger partial charge in [0, 0.05) is 24.3 Å². The van der Waals surface area contributed by atoms with E-state index in [2.05, 4.69) is 25.9 Å². The van der Waals surface area contributed by atoms with Crippen molar-refractivity contribution in [3.63, 3.8) is 0 Å². The summed E-state index contributed by atoms with van der Waals surface area (Å²) in [6, 6.07) is 9.14. The third kappa shape index (κ3) is 8.30. The molecular weight excluding hydrogens is 493 g/mol. The zero-order chi connectivity index (χ0) is 19.5. The molecule has 152 valence electrons. The fourth-order valence-corrected chi connectivity index (χ4v) is 2.57. The number of rotatable bonds is 8. The molecule has 7 nitrogen and oxygen atoms in total. The lowest BCUT2D eigenvalue weighted by Gasteiger charge is -2.12. The highest BCUT2D eigenvalue weighted by Crippen LogP contribution is 2.22. The first kappa shape index (κ1) is 24.0. The van der Waals surface area contributed by atoms with Gasteiger partial charge in [0.05, 0.1) is 19.0 Å². The maximum absolute atomic E-state index is 12.0. The molecule has 1 heterocycles. The van der Waals surface area contributed by atoms with Gasteiger partial charge in [-0.3, -0.25) is 9.78 Å². The molecule has 0 aliphatic carbocycles. The van der Waals surface area contributed by atoms with Gasteiger partial charge in [-0.1, -0.05) is 17.7 Å². The Hall–Kier alpha value is -2.07. The average molecular weight is 518 g/mol. The highest BCUT2D eigenvalue weighted by molar-refractivity contribution is 14.0. The molecular formula is C19H25ClIN5O2. The van der Waals surface area contributed by atoms with Gasteiger partial charge in [0.1, 0.15) is 12.3 Å². The van der Waals surface area contributed by atoms with E-state index in [0.29, 0.717) is 29.8 Å². The van der Waals surface area contributed by atoms with Crippen molar-refractivity contribution < 1.29 is 9.53 Å². The molecule has 0 radical (unpaired) electrons. The van der Waals surface area contributed by atoms with Gasteiger partial charge in [-0.25, -0.2) is 4.99 Å². The van der Waals surface area contributed by atoms with Crippen molar-refractivity contribution in [1.82, 2.24) is 15.6 Å². The Bertz CT molecular complexity index is 774. The summed E-state index contributed by atoms with van der Waals surface area (Å²) in [5.74, 6) is 1.09. The van der Waals surface area contributed by atoms with Crippen LogP contribution in [0.5, 0.6) is 5.75 Å². The fraction of sp³-hybridized carbons (Fsp3) is 0.316. The number of carbonyl (C=O) groups is 1. The number of carbonyl (C=O) groups excluding carboxylic acids is 1. The van der Waals surface area contributed by atoms with Crippen molar-refractivity contribution in [3.05, 3.63) is 53.3 Å². The van der Waals surface area contributed by atoms with Crippen molar-refractivity contribution in [2.75, 3.05) is 32.1 Å². The number of anilines is 1. The van der Waals surface area contributed by atoms with Gasteiger partial charge in [-0.15, -0.1) is 24.0 Å². The number of methoxy groups -OCH3 is 1. The first-order valence-electron chi connectivity index (χ1n) is 8.67. The number of aromatic nitrogens is 1. The molecule has 28 heavy (non-hydrogen) atoms. The van der Waals surface area contributed by atoms with Crippen LogP contribution < -0.4 is 20.7 Å². The normalized spacial score (nSPS) is 10.6. The molecule has 0 saturated heterocycles. The minimum absolute atomic E-state index is 0. The molecule has 0 fully saturated rings. The van der Waals surface area contributed by atoms with E-state index in [1.807, 2.05) is 19.1 Å². The lowest BCUT2D eigenvalue weighted by Crippen LogP contribution is -2.39. The standard InChI is InChI=1S/C19H24ClN5O2.HI/c1-3-22-19(24-13-18(26)25-15-5-4-9-21-12-15)23-10-8-14-6-7-16(27-2)11-17(14)20;/h4-7,9,11-12H,3,8,10,13H2,1-2H3,(H,25,26)(H2,22,23,24);1H. The second-order valence-electron chi connectivity index (χ2n) is 5.62. The van der Waals surface area contributed by atoms with Crippen molar-refractivity contribution in [2.45, 2.75) is 13.3 Å². The molecule has 0 unspecified atom stereocenters. The van der Waals surface area contributed by atoms with Crippen LogP contribution >= 0.6 is 35.6 Å². The molecule has 2 aromatic rings. The number of amides is 1. The maximum atomic E-state index is 12.0. The summed E-state index contributed by atoms with van der Waals surface area (Å²) in [7, 11) is 1.61. The van der Waals surface area contributed by atoms with Crippen LogP contribution in [0.15, 0.2) is 47.7 Å². The molecule has 0 aliphatic heterocycles. The Morgan fingerprint density at radius 1 is 1.29 bits per heavy atom. The minimum atomic E-state index is -0.210. The number of guanidine groups is 1. The van der Waals surface area contributed by atoms with E-state index in [0.717, 1.165) is 17.7 Å². The van der Waals surface area contributed by atoms with E-state index < -0.39 is 0 Å². The van der Waals surface area contributed by atoms with E-state index >= 15 is 0 Å². The third-order valence-corrected chi connectivity index (χ3v) is 3.97. The van der Waals surface area contributed by atoms with Gasteiger partial charge in [0.25, 0.3) is 0 Å². The average Bonchev–Trinajstić information content (AvgIpc) is 2.68. The smallest absolute Gasteiger partial charge is 0.246 e. The first-order chi connectivity index (χ1) is 13.1. The zero-order valence-electron chi connectivity index (χ0n) is 15.9. The summed E-state index contributed by atoms with van der Waals surface area (Å²) >= 11 is 6.25. The van der Waals surface area contributed by atoms with Gasteiger partial charge >= 0.3 is 0 Å². The molecule has 2 rings (SSSR count). The third-order valence-electron chi connectivity index (χ3n) is 3.62. The minimum Gasteiger partial charge on any atom is -0.497 e. The van der Waals surface area contributed by atoms with Crippen molar-refractivity contribution in [3.8, 4) is 5.75 Å². The van der Waals surface area contributed by atoms with Gasteiger partial charge in [0.15, 0.2) is 5.96 Å². The van der Waals surface area contributed by atoms with Gasteiger partial charge in [0.2, 0.25) is 5.91 Å². The summed E-state index contributed by atoms with van der Waals surface area (Å²) in [5, 5.41) is 9.72. The Morgan fingerprint density at radius 3 is 2.75 bits per heavy atom. The molecule has 0 bridgehead atoms. The lowest BCUT2D eigenvalue weighted by atomic mass is 10.1. The van der Waals surface area contributed by atoms with Crippen LogP contribution in [0.25, 0.3) is 0 Å². The number of benzene rings is 1. The van der Waals surface area contributed by atoms with E-state index in [-0.39, 0.29) is 36.4 Å². The van der Waals surface area contributed by atoms with Crippen molar-refractivity contribution in [2.24, 2.45) is 4.99 Å². The van der Waals surface area contributed by atoms with E-state index in [1.54, 1.807) is 37.7 Å². The van der Waals surface area contributed by atoms with Gasteiger partial charge in [-0.2, -0.15) is 0 Å². The van der Waals surface area contributed by atoms with Crippen LogP contribution in [-0.2, 0) is 11.2 Å². The molecule has 1 amide bonds. The second kappa shape index (κ2) is 13.2. The van der Waals surface area contributed by atoms with Crippen molar-refractivity contribution >= 4 is 53.1 Å². The number of nitrogens with zero attached hydrogens (tertiary/aromatic N) is 2.